The fourth-order valence-corrected chi connectivity index (χ4v) is 5.78. The first kappa shape index (κ1) is 29.2. The summed E-state index contributed by atoms with van der Waals surface area (Å²) in [5, 5.41) is 6.79. The predicted molar refractivity (Wildman–Crippen MR) is 144 cm³/mol. The molecule has 3 aromatic rings. The lowest BCUT2D eigenvalue weighted by Crippen LogP contribution is -2.41. The number of likely N-dealkylation sites (tertiary alicyclic amines) is 1. The third-order valence-corrected chi connectivity index (χ3v) is 7.93. The molecule has 0 radical (unpaired) electrons. The summed E-state index contributed by atoms with van der Waals surface area (Å²) >= 11 is 0. The topological polar surface area (TPSA) is 54.3 Å². The summed E-state index contributed by atoms with van der Waals surface area (Å²) in [6.45, 7) is 5.27. The number of amides is 1. The summed E-state index contributed by atoms with van der Waals surface area (Å²) in [5.41, 5.74) is 1.33. The Hall–Kier alpha value is -3.34. The number of rotatable bonds is 7. The molecular weight excluding hydrogens is 541 g/mol. The molecule has 11 heteroatoms. The Labute approximate surface area is 236 Å². The average Bonchev–Trinajstić information content (AvgIpc) is 3.36. The summed E-state index contributed by atoms with van der Waals surface area (Å²) < 4.78 is 69.2. The van der Waals surface area contributed by atoms with Gasteiger partial charge in [0.05, 0.1) is 12.1 Å². The van der Waals surface area contributed by atoms with Gasteiger partial charge in [-0.3, -0.25) is 4.79 Å². The number of benzene rings is 2. The molecule has 3 heterocycles. The first-order chi connectivity index (χ1) is 19.4. The van der Waals surface area contributed by atoms with Crippen molar-refractivity contribution in [1.29, 1.82) is 0 Å². The van der Waals surface area contributed by atoms with Crippen molar-refractivity contribution < 1.29 is 26.7 Å². The molecule has 41 heavy (non-hydrogen) atoms. The summed E-state index contributed by atoms with van der Waals surface area (Å²) in [6, 6.07) is 12.3. The number of alkyl halides is 4. The number of fused-ring (bicyclic) bond motifs is 1. The van der Waals surface area contributed by atoms with E-state index >= 15 is 4.39 Å². The molecule has 0 atom stereocenters. The van der Waals surface area contributed by atoms with Crippen LogP contribution in [0.3, 0.4) is 0 Å². The molecule has 0 aliphatic carbocycles. The molecule has 1 amide bonds. The molecule has 2 aromatic carbocycles. The normalized spacial score (nSPS) is 17.1. The van der Waals surface area contributed by atoms with Gasteiger partial charge in [0.25, 0.3) is 5.91 Å². The number of carbonyl (C=O) groups excluding carboxylic acids is 1. The van der Waals surface area contributed by atoms with Gasteiger partial charge in [-0.05, 0) is 87.4 Å². The van der Waals surface area contributed by atoms with Gasteiger partial charge in [0.1, 0.15) is 11.5 Å². The van der Waals surface area contributed by atoms with Crippen molar-refractivity contribution in [2.45, 2.75) is 64.5 Å². The molecule has 220 valence electrons. The monoisotopic (exact) mass is 575 g/mol. The van der Waals surface area contributed by atoms with Crippen molar-refractivity contribution in [2.75, 3.05) is 26.2 Å². The molecule has 0 bridgehead atoms. The van der Waals surface area contributed by atoms with Crippen LogP contribution in [0.4, 0.5) is 22.0 Å². The number of aryl methyl sites for hydroxylation is 1. The molecular formula is C30H34F5N5O. The van der Waals surface area contributed by atoms with Crippen molar-refractivity contribution in [3.05, 3.63) is 71.1 Å². The maximum Gasteiger partial charge on any atom is 0.451 e. The number of nitrogens with zero attached hydrogens (tertiary/aromatic N) is 5. The van der Waals surface area contributed by atoms with E-state index in [1.807, 2.05) is 24.3 Å². The van der Waals surface area contributed by atoms with Crippen LogP contribution in [0.5, 0.6) is 0 Å². The van der Waals surface area contributed by atoms with Crippen LogP contribution in [0.25, 0.3) is 11.1 Å². The van der Waals surface area contributed by atoms with Crippen LogP contribution in [0, 0.1) is 11.7 Å². The number of aromatic nitrogens is 3. The molecule has 0 unspecified atom stereocenters. The molecule has 2 aliphatic heterocycles. The molecule has 1 fully saturated rings. The van der Waals surface area contributed by atoms with E-state index in [-0.39, 0.29) is 31.0 Å². The van der Waals surface area contributed by atoms with Crippen LogP contribution in [0.15, 0.2) is 42.5 Å². The minimum absolute atomic E-state index is 0.00941. The van der Waals surface area contributed by atoms with Crippen molar-refractivity contribution >= 4 is 5.91 Å². The van der Waals surface area contributed by atoms with E-state index in [9.17, 15) is 22.4 Å². The highest BCUT2D eigenvalue weighted by molar-refractivity contribution is 5.95. The van der Waals surface area contributed by atoms with Crippen LogP contribution >= 0.6 is 0 Å². The minimum atomic E-state index is -4.63. The van der Waals surface area contributed by atoms with Gasteiger partial charge in [-0.1, -0.05) is 30.3 Å². The Balaban J connectivity index is 1.16. The maximum absolute atomic E-state index is 15.1. The second-order valence-corrected chi connectivity index (χ2v) is 11.7. The Morgan fingerprint density at radius 2 is 1.61 bits per heavy atom. The molecule has 0 spiro atoms. The number of halogens is 5. The van der Waals surface area contributed by atoms with Crippen LogP contribution in [-0.2, 0) is 25.7 Å². The molecule has 1 saturated heterocycles. The van der Waals surface area contributed by atoms with E-state index in [4.69, 9.17) is 0 Å². The summed E-state index contributed by atoms with van der Waals surface area (Å²) in [7, 11) is 0. The van der Waals surface area contributed by atoms with E-state index in [0.717, 1.165) is 48.9 Å². The van der Waals surface area contributed by atoms with E-state index in [1.54, 1.807) is 19.9 Å². The second kappa shape index (κ2) is 11.5. The molecule has 0 saturated carbocycles. The second-order valence-electron chi connectivity index (χ2n) is 11.7. The van der Waals surface area contributed by atoms with Gasteiger partial charge < -0.3 is 14.4 Å². The standard InChI is InChI=1S/C30H34F5N5O/c1-29(2,32)19-38-13-11-21(12-14-38)4-3-20-5-7-22(8-6-20)23-9-10-24(25(31)17-23)27(41)39-15-16-40-26(18-39)36-37-28(40)30(33,34)35/h5-10,17,21H,3-4,11-16,18-19H2,1-2H3. The Bertz CT molecular complexity index is 1370. The SMILES string of the molecule is CC(C)(F)CN1CCC(CCc2ccc(-c3ccc(C(=O)N4CCn5c(nnc5C(F)(F)F)C4)c(F)c3)cc2)CC1. The lowest BCUT2D eigenvalue weighted by molar-refractivity contribution is -0.147. The van der Waals surface area contributed by atoms with Gasteiger partial charge in [0.15, 0.2) is 5.82 Å². The molecule has 2 aliphatic rings. The minimum Gasteiger partial charge on any atom is -0.329 e. The van der Waals surface area contributed by atoms with E-state index < -0.39 is 29.4 Å². The van der Waals surface area contributed by atoms with Gasteiger partial charge in [0, 0.05) is 19.6 Å². The summed E-state index contributed by atoms with van der Waals surface area (Å²) in [4.78, 5) is 16.5. The quantitative estimate of drug-likeness (QED) is 0.317. The zero-order valence-corrected chi connectivity index (χ0v) is 23.2. The number of carbonyl (C=O) groups is 1. The van der Waals surface area contributed by atoms with E-state index in [2.05, 4.69) is 15.1 Å². The fourth-order valence-electron chi connectivity index (χ4n) is 5.78. The zero-order valence-electron chi connectivity index (χ0n) is 23.2. The Kier molecular flexibility index (Phi) is 8.18. The van der Waals surface area contributed by atoms with Crippen LogP contribution in [-0.4, -0.2) is 62.3 Å². The van der Waals surface area contributed by atoms with Crippen LogP contribution < -0.4 is 0 Å². The van der Waals surface area contributed by atoms with Crippen molar-refractivity contribution in [3.8, 4) is 11.1 Å². The highest BCUT2D eigenvalue weighted by atomic mass is 19.4. The number of hydrogen-bond acceptors (Lipinski definition) is 4. The van der Waals surface area contributed by atoms with Gasteiger partial charge in [-0.25, -0.2) is 8.78 Å². The fraction of sp³-hybridized carbons (Fsp3) is 0.500. The first-order valence-electron chi connectivity index (χ1n) is 14.0. The van der Waals surface area contributed by atoms with Gasteiger partial charge in [-0.2, -0.15) is 13.2 Å². The van der Waals surface area contributed by atoms with Crippen LogP contribution in [0.2, 0.25) is 0 Å². The average molecular weight is 576 g/mol. The molecule has 5 rings (SSSR count). The summed E-state index contributed by atoms with van der Waals surface area (Å²) in [5.74, 6) is -1.76. The molecule has 0 N–H and O–H groups in total. The highest BCUT2D eigenvalue weighted by Gasteiger charge is 2.40. The van der Waals surface area contributed by atoms with Gasteiger partial charge in [-0.15, -0.1) is 10.2 Å². The maximum atomic E-state index is 15.1. The first-order valence-corrected chi connectivity index (χ1v) is 14.0. The lowest BCUT2D eigenvalue weighted by atomic mass is 9.90. The Morgan fingerprint density at radius 1 is 0.927 bits per heavy atom. The van der Waals surface area contributed by atoms with Crippen molar-refractivity contribution in [1.82, 2.24) is 24.6 Å². The molecule has 6 nitrogen and oxygen atoms in total. The van der Waals surface area contributed by atoms with Gasteiger partial charge in [0.2, 0.25) is 5.82 Å². The molecule has 1 aromatic heterocycles. The van der Waals surface area contributed by atoms with Crippen LogP contribution in [0.1, 0.15) is 60.7 Å². The lowest BCUT2D eigenvalue weighted by Gasteiger charge is -2.34. The van der Waals surface area contributed by atoms with E-state index in [1.165, 1.54) is 22.6 Å². The van der Waals surface area contributed by atoms with E-state index in [0.29, 0.717) is 18.0 Å². The largest absolute Gasteiger partial charge is 0.451 e. The third kappa shape index (κ3) is 6.94. The Morgan fingerprint density at radius 3 is 2.24 bits per heavy atom. The van der Waals surface area contributed by atoms with Crippen molar-refractivity contribution in [2.24, 2.45) is 5.92 Å². The smallest absolute Gasteiger partial charge is 0.329 e. The highest BCUT2D eigenvalue weighted by Crippen LogP contribution is 2.30. The third-order valence-electron chi connectivity index (χ3n) is 7.93. The predicted octanol–water partition coefficient (Wildman–Crippen LogP) is 6.15. The summed E-state index contributed by atoms with van der Waals surface area (Å²) in [6.07, 6.45) is -0.475. The zero-order chi connectivity index (χ0) is 29.4. The number of piperidine rings is 1. The van der Waals surface area contributed by atoms with Crippen molar-refractivity contribution in [3.63, 3.8) is 0 Å². The number of hydrogen-bond donors (Lipinski definition) is 0. The van der Waals surface area contributed by atoms with Gasteiger partial charge >= 0.3 is 6.18 Å².